The van der Waals surface area contributed by atoms with Crippen LogP contribution in [0.25, 0.3) is 5.70 Å². The van der Waals surface area contributed by atoms with Crippen LogP contribution in [0.3, 0.4) is 0 Å². The van der Waals surface area contributed by atoms with Gasteiger partial charge >= 0.3 is 0 Å². The number of hydrogen-bond donors (Lipinski definition) is 1. The largest absolute Gasteiger partial charge is 0.775 e. The van der Waals surface area contributed by atoms with Gasteiger partial charge in [-0.3, -0.25) is 5.01 Å². The minimum atomic E-state index is 0.165. The van der Waals surface area contributed by atoms with Gasteiger partial charge in [0.1, 0.15) is 5.70 Å². The Bertz CT molecular complexity index is 402. The fourth-order valence-corrected chi connectivity index (χ4v) is 1.37. The van der Waals surface area contributed by atoms with E-state index >= 15 is 0 Å². The molecule has 1 N–H and O–H groups in total. The van der Waals surface area contributed by atoms with E-state index < -0.39 is 0 Å². The summed E-state index contributed by atoms with van der Waals surface area (Å²) in [5, 5.41) is 17.5. The van der Waals surface area contributed by atoms with Crippen LogP contribution in [0.15, 0.2) is 46.6 Å². The maximum absolute atomic E-state index is 10.1. The molecule has 1 aromatic rings. The SMILES string of the molecule is CN1NOC(/N=N/[O-])=C1c1ccccc1. The molecule has 0 aliphatic carbocycles. The van der Waals surface area contributed by atoms with Crippen molar-refractivity contribution in [2.45, 2.75) is 0 Å². The van der Waals surface area contributed by atoms with Gasteiger partial charge in [0.25, 0.3) is 5.88 Å². The quantitative estimate of drug-likeness (QED) is 0.588. The second-order valence-electron chi connectivity index (χ2n) is 2.95. The molecule has 6 nitrogen and oxygen atoms in total. The summed E-state index contributed by atoms with van der Waals surface area (Å²) in [6.45, 7) is 0. The van der Waals surface area contributed by atoms with Crippen molar-refractivity contribution in [3.63, 3.8) is 0 Å². The van der Waals surface area contributed by atoms with E-state index in [0.29, 0.717) is 5.70 Å². The molecule has 0 unspecified atom stereocenters. The number of benzene rings is 1. The highest BCUT2D eigenvalue weighted by atomic mass is 16.7. The maximum Gasteiger partial charge on any atom is 0.283 e. The average Bonchev–Trinajstić information content (AvgIpc) is 2.62. The number of hydrazine groups is 1. The van der Waals surface area contributed by atoms with Crippen LogP contribution in [0.5, 0.6) is 0 Å². The molecule has 0 amide bonds. The minimum absolute atomic E-state index is 0.165. The third kappa shape index (κ3) is 1.75. The Hall–Kier alpha value is -2.08. The summed E-state index contributed by atoms with van der Waals surface area (Å²) in [5.74, 6) is 0.165. The van der Waals surface area contributed by atoms with E-state index in [1.165, 1.54) is 0 Å². The molecule has 0 aromatic heterocycles. The van der Waals surface area contributed by atoms with Crippen molar-refractivity contribution in [3.05, 3.63) is 47.0 Å². The predicted octanol–water partition coefficient (Wildman–Crippen LogP) is 1.64. The molecule has 0 spiro atoms. The number of nitrogens with zero attached hydrogens (tertiary/aromatic N) is 3. The molecule has 2 rings (SSSR count). The van der Waals surface area contributed by atoms with Crippen LogP contribution in [0.4, 0.5) is 0 Å². The van der Waals surface area contributed by atoms with Crippen LogP contribution < -0.4 is 5.59 Å². The van der Waals surface area contributed by atoms with Crippen molar-refractivity contribution in [1.29, 1.82) is 0 Å². The standard InChI is InChI=1S/C9H10N4O2/c1-13-8(7-5-3-2-4-6-7)9(10-11-14)15-12-13/h2-6,12H,1H3,(H,10,14)/p-1. The molecule has 0 saturated heterocycles. The fourth-order valence-electron chi connectivity index (χ4n) is 1.37. The lowest BCUT2D eigenvalue weighted by atomic mass is 10.1. The van der Waals surface area contributed by atoms with Crippen molar-refractivity contribution in [2.24, 2.45) is 10.4 Å². The lowest BCUT2D eigenvalue weighted by Crippen LogP contribution is -2.25. The molecular weight excluding hydrogens is 196 g/mol. The monoisotopic (exact) mass is 205 g/mol. The molecule has 0 bridgehead atoms. The normalized spacial score (nSPS) is 16.2. The van der Waals surface area contributed by atoms with E-state index in [1.807, 2.05) is 30.3 Å². The van der Waals surface area contributed by atoms with Crippen molar-refractivity contribution in [3.8, 4) is 0 Å². The average molecular weight is 205 g/mol. The second kappa shape index (κ2) is 3.97. The summed E-state index contributed by atoms with van der Waals surface area (Å²) in [6, 6.07) is 9.47. The lowest BCUT2D eigenvalue weighted by Gasteiger charge is -2.11. The van der Waals surface area contributed by atoms with E-state index in [4.69, 9.17) is 4.84 Å². The topological polar surface area (TPSA) is 72.3 Å². The predicted molar refractivity (Wildman–Crippen MR) is 53.6 cm³/mol. The molecule has 1 heterocycles. The molecule has 6 heteroatoms. The summed E-state index contributed by atoms with van der Waals surface area (Å²) in [6.07, 6.45) is 0. The van der Waals surface area contributed by atoms with Crippen LogP contribution in [0.1, 0.15) is 5.56 Å². The van der Waals surface area contributed by atoms with Crippen LogP contribution in [0, 0.1) is 5.21 Å². The summed E-state index contributed by atoms with van der Waals surface area (Å²) >= 11 is 0. The Morgan fingerprint density at radius 1 is 1.33 bits per heavy atom. The van der Waals surface area contributed by atoms with E-state index in [1.54, 1.807) is 12.1 Å². The Morgan fingerprint density at radius 2 is 2.07 bits per heavy atom. The van der Waals surface area contributed by atoms with E-state index in [9.17, 15) is 5.21 Å². The third-order valence-corrected chi connectivity index (χ3v) is 2.00. The van der Waals surface area contributed by atoms with Gasteiger partial charge in [-0.25, -0.2) is 5.28 Å². The van der Waals surface area contributed by atoms with Gasteiger partial charge in [-0.1, -0.05) is 35.9 Å². The van der Waals surface area contributed by atoms with Crippen LogP contribution in [0.2, 0.25) is 0 Å². The van der Waals surface area contributed by atoms with Crippen molar-refractivity contribution in [2.75, 3.05) is 7.05 Å². The zero-order valence-corrected chi connectivity index (χ0v) is 8.04. The van der Waals surface area contributed by atoms with E-state index in [0.717, 1.165) is 5.56 Å². The summed E-state index contributed by atoms with van der Waals surface area (Å²) in [5.41, 5.74) is 4.14. The molecule has 15 heavy (non-hydrogen) atoms. The van der Waals surface area contributed by atoms with Gasteiger partial charge in [0, 0.05) is 12.6 Å². The summed E-state index contributed by atoms with van der Waals surface area (Å²) in [7, 11) is 1.76. The molecule has 0 fully saturated rings. The van der Waals surface area contributed by atoms with Crippen LogP contribution >= 0.6 is 0 Å². The number of rotatable bonds is 2. The molecule has 0 atom stereocenters. The molecule has 0 radical (unpaired) electrons. The highest BCUT2D eigenvalue weighted by Crippen LogP contribution is 2.26. The second-order valence-corrected chi connectivity index (χ2v) is 2.95. The Balaban J connectivity index is 2.44. The van der Waals surface area contributed by atoms with Gasteiger partial charge in [-0.15, -0.1) is 5.11 Å². The summed E-state index contributed by atoms with van der Waals surface area (Å²) < 4.78 is 0. The molecular formula is C9H9N4O2-. The zero-order valence-electron chi connectivity index (χ0n) is 8.04. The first-order valence-corrected chi connectivity index (χ1v) is 4.32. The van der Waals surface area contributed by atoms with Crippen molar-refractivity contribution in [1.82, 2.24) is 10.6 Å². The maximum atomic E-state index is 10.1. The van der Waals surface area contributed by atoms with Crippen LogP contribution in [-0.4, -0.2) is 12.1 Å². The van der Waals surface area contributed by atoms with Gasteiger partial charge in [0.15, 0.2) is 0 Å². The molecule has 0 saturated carbocycles. The summed E-state index contributed by atoms with van der Waals surface area (Å²) in [4.78, 5) is 4.97. The number of hydrogen-bond acceptors (Lipinski definition) is 6. The van der Waals surface area contributed by atoms with Crippen molar-refractivity contribution >= 4 is 5.70 Å². The van der Waals surface area contributed by atoms with Gasteiger partial charge in [-0.2, -0.15) is 0 Å². The first kappa shape index (κ1) is 9.47. The lowest BCUT2D eigenvalue weighted by molar-refractivity contribution is 0.0367. The first-order chi connectivity index (χ1) is 7.33. The highest BCUT2D eigenvalue weighted by Gasteiger charge is 2.22. The third-order valence-electron chi connectivity index (χ3n) is 2.00. The molecule has 1 aliphatic rings. The Labute approximate surface area is 86.4 Å². The number of nitrogens with one attached hydrogen (secondary N) is 1. The van der Waals surface area contributed by atoms with Crippen molar-refractivity contribution < 1.29 is 4.84 Å². The first-order valence-electron chi connectivity index (χ1n) is 4.32. The smallest absolute Gasteiger partial charge is 0.283 e. The molecule has 1 aliphatic heterocycles. The van der Waals surface area contributed by atoms with Gasteiger partial charge in [-0.05, 0) is 0 Å². The van der Waals surface area contributed by atoms with E-state index in [-0.39, 0.29) is 5.88 Å². The minimum Gasteiger partial charge on any atom is -0.775 e. The van der Waals surface area contributed by atoms with Crippen LogP contribution in [-0.2, 0) is 4.84 Å². The Morgan fingerprint density at radius 3 is 2.73 bits per heavy atom. The fraction of sp³-hybridized carbons (Fsp3) is 0.111. The van der Waals surface area contributed by atoms with Gasteiger partial charge in [0.2, 0.25) is 0 Å². The van der Waals surface area contributed by atoms with E-state index in [2.05, 4.69) is 16.0 Å². The molecule has 1 aromatic carbocycles. The zero-order chi connectivity index (χ0) is 10.7. The Kier molecular flexibility index (Phi) is 2.51. The van der Waals surface area contributed by atoms with Gasteiger partial charge in [0.05, 0.1) is 0 Å². The van der Waals surface area contributed by atoms with Gasteiger partial charge < -0.3 is 10.0 Å². The molecule has 78 valence electrons. The highest BCUT2D eigenvalue weighted by molar-refractivity contribution is 5.66.